The molecule has 0 rings (SSSR count). The first-order valence-electron chi connectivity index (χ1n) is 21.7. The average molecular weight is 770 g/mol. The van der Waals surface area contributed by atoms with Gasteiger partial charge in [0.1, 0.15) is 19.3 Å². The second-order valence-corrected chi connectivity index (χ2v) is 17.1. The maximum absolute atomic E-state index is 12.6. The van der Waals surface area contributed by atoms with Gasteiger partial charge in [-0.25, -0.2) is 0 Å². The van der Waals surface area contributed by atoms with Gasteiger partial charge in [-0.3, -0.25) is 9.36 Å². The van der Waals surface area contributed by atoms with E-state index in [0.717, 1.165) is 57.8 Å². The zero-order valence-electron chi connectivity index (χ0n) is 35.2. The van der Waals surface area contributed by atoms with Crippen molar-refractivity contribution in [3.63, 3.8) is 0 Å². The molecule has 0 heterocycles. The standard InChI is InChI=1S/C44H84NO7P/c1-6-8-10-12-14-16-18-20-21-22-23-24-26-28-30-32-34-36-39-49-41-43(42-51-53(47,48)50-40-38-45(3,4)5)52-44(46)37-35-33-31-29-27-25-19-17-15-13-11-9-7-2/h9,11,15,17,25,27,43H,6-8,10,12-14,16,18-24,26,28-42H2,1-5H3/b11-9-,17-15-,27-25-. The lowest BCUT2D eigenvalue weighted by molar-refractivity contribution is -0.870. The highest BCUT2D eigenvalue weighted by Gasteiger charge is 2.20. The first-order chi connectivity index (χ1) is 25.6. The van der Waals surface area contributed by atoms with Crippen LogP contribution in [0.5, 0.6) is 0 Å². The first-order valence-corrected chi connectivity index (χ1v) is 23.2. The van der Waals surface area contributed by atoms with Crippen molar-refractivity contribution in [2.24, 2.45) is 0 Å². The third-order valence-corrected chi connectivity index (χ3v) is 10.2. The molecule has 0 radical (unpaired) electrons. The lowest BCUT2D eigenvalue weighted by atomic mass is 10.0. The molecule has 0 aromatic heterocycles. The van der Waals surface area contributed by atoms with Gasteiger partial charge in [0.15, 0.2) is 0 Å². The Bertz CT molecular complexity index is 947. The molecule has 0 aliphatic rings. The molecule has 0 fully saturated rings. The Morgan fingerprint density at radius 3 is 1.62 bits per heavy atom. The van der Waals surface area contributed by atoms with E-state index >= 15 is 0 Å². The maximum Gasteiger partial charge on any atom is 0.306 e. The zero-order valence-corrected chi connectivity index (χ0v) is 36.1. The molecule has 0 aromatic rings. The molecule has 0 aliphatic heterocycles. The Labute approximate surface area is 327 Å². The van der Waals surface area contributed by atoms with Crippen LogP contribution in [-0.2, 0) is 27.9 Å². The minimum atomic E-state index is -4.53. The normalized spacial score (nSPS) is 14.2. The predicted octanol–water partition coefficient (Wildman–Crippen LogP) is 12.0. The summed E-state index contributed by atoms with van der Waals surface area (Å²) < 4.78 is 34.5. The molecule has 53 heavy (non-hydrogen) atoms. The van der Waals surface area contributed by atoms with Gasteiger partial charge >= 0.3 is 5.97 Å². The molecule has 0 amide bonds. The van der Waals surface area contributed by atoms with E-state index in [0.29, 0.717) is 17.6 Å². The van der Waals surface area contributed by atoms with Crippen LogP contribution in [0.15, 0.2) is 36.5 Å². The zero-order chi connectivity index (χ0) is 39.1. The number of phosphoric ester groups is 1. The number of quaternary nitrogens is 1. The summed E-state index contributed by atoms with van der Waals surface area (Å²) in [5.41, 5.74) is 0. The van der Waals surface area contributed by atoms with E-state index in [1.165, 1.54) is 103 Å². The number of phosphoric acid groups is 1. The van der Waals surface area contributed by atoms with Gasteiger partial charge in [0.05, 0.1) is 34.4 Å². The summed E-state index contributed by atoms with van der Waals surface area (Å²) in [5.74, 6) is -0.361. The molecule has 8 nitrogen and oxygen atoms in total. The summed E-state index contributed by atoms with van der Waals surface area (Å²) in [4.78, 5) is 25.0. The molecule has 0 spiro atoms. The van der Waals surface area contributed by atoms with Crippen molar-refractivity contribution in [2.45, 2.75) is 187 Å². The maximum atomic E-state index is 12.6. The molecule has 0 aliphatic carbocycles. The number of likely N-dealkylation sites (N-methyl/N-ethyl adjacent to an activating group) is 1. The van der Waals surface area contributed by atoms with Gasteiger partial charge in [-0.2, -0.15) is 0 Å². The van der Waals surface area contributed by atoms with Crippen LogP contribution < -0.4 is 4.89 Å². The van der Waals surface area contributed by atoms with Crippen molar-refractivity contribution in [2.75, 3.05) is 54.1 Å². The highest BCUT2D eigenvalue weighted by atomic mass is 31.2. The number of nitrogens with zero attached hydrogens (tertiary/aromatic N) is 1. The number of hydrogen-bond donors (Lipinski definition) is 0. The van der Waals surface area contributed by atoms with Crippen molar-refractivity contribution < 1.29 is 37.3 Å². The number of unbranched alkanes of at least 4 members (excludes halogenated alkanes) is 20. The molecular formula is C44H84NO7P. The molecule has 2 atom stereocenters. The third-order valence-electron chi connectivity index (χ3n) is 9.21. The number of esters is 1. The summed E-state index contributed by atoms with van der Waals surface area (Å²) in [6, 6.07) is 0. The number of allylic oxidation sites excluding steroid dienone is 6. The molecular weight excluding hydrogens is 685 g/mol. The topological polar surface area (TPSA) is 94.1 Å². The van der Waals surface area contributed by atoms with E-state index < -0.39 is 13.9 Å². The van der Waals surface area contributed by atoms with Gasteiger partial charge in [0.2, 0.25) is 0 Å². The highest BCUT2D eigenvalue weighted by Crippen LogP contribution is 2.38. The fraction of sp³-hybridized carbons (Fsp3) is 0.841. The van der Waals surface area contributed by atoms with Crippen LogP contribution in [0.1, 0.15) is 181 Å². The Morgan fingerprint density at radius 2 is 1.09 bits per heavy atom. The van der Waals surface area contributed by atoms with E-state index in [2.05, 4.69) is 50.3 Å². The Balaban J connectivity index is 4.22. The van der Waals surface area contributed by atoms with E-state index in [9.17, 15) is 14.3 Å². The number of carbonyl (C=O) groups is 1. The summed E-state index contributed by atoms with van der Waals surface area (Å²) in [7, 11) is 1.34. The van der Waals surface area contributed by atoms with Crippen LogP contribution in [0.3, 0.4) is 0 Å². The van der Waals surface area contributed by atoms with Gasteiger partial charge in [0, 0.05) is 13.0 Å². The number of carbonyl (C=O) groups excluding carboxylic acids is 1. The van der Waals surface area contributed by atoms with Gasteiger partial charge < -0.3 is 27.9 Å². The van der Waals surface area contributed by atoms with E-state index in [4.69, 9.17) is 18.5 Å². The predicted molar refractivity (Wildman–Crippen MR) is 222 cm³/mol. The molecule has 312 valence electrons. The van der Waals surface area contributed by atoms with Crippen LogP contribution in [0, 0.1) is 0 Å². The SMILES string of the molecule is CC/C=C\C/C=C\C/C=C\CCCCCC(=O)OC(COCCCCCCCCCCCCCCCCCCCC)COP(=O)([O-])OCC[N+](C)(C)C. The quantitative estimate of drug-likeness (QED) is 0.0201. The van der Waals surface area contributed by atoms with E-state index in [1.54, 1.807) is 0 Å². The fourth-order valence-corrected chi connectivity index (χ4v) is 6.58. The number of rotatable bonds is 40. The van der Waals surface area contributed by atoms with Gasteiger partial charge in [-0.1, -0.05) is 166 Å². The van der Waals surface area contributed by atoms with Gasteiger partial charge in [0.25, 0.3) is 7.82 Å². The van der Waals surface area contributed by atoms with Crippen molar-refractivity contribution in [1.29, 1.82) is 0 Å². The molecule has 0 bridgehead atoms. The minimum Gasteiger partial charge on any atom is -0.756 e. The lowest BCUT2D eigenvalue weighted by Crippen LogP contribution is -2.37. The Hall–Kier alpha value is -1.28. The van der Waals surface area contributed by atoms with Crippen molar-refractivity contribution >= 4 is 13.8 Å². The summed E-state index contributed by atoms with van der Waals surface area (Å²) in [5, 5.41) is 0. The minimum absolute atomic E-state index is 0.0210. The molecule has 0 saturated heterocycles. The van der Waals surface area contributed by atoms with Gasteiger partial charge in [-0.15, -0.1) is 0 Å². The van der Waals surface area contributed by atoms with Crippen LogP contribution in [-0.4, -0.2) is 70.7 Å². The van der Waals surface area contributed by atoms with Crippen molar-refractivity contribution in [1.82, 2.24) is 0 Å². The molecule has 0 aromatic carbocycles. The number of hydrogen-bond acceptors (Lipinski definition) is 7. The third kappa shape index (κ3) is 41.7. The molecule has 9 heteroatoms. The van der Waals surface area contributed by atoms with E-state index in [1.807, 2.05) is 21.1 Å². The molecule has 0 N–H and O–H groups in total. The summed E-state index contributed by atoms with van der Waals surface area (Å²) in [6.45, 7) is 5.27. The smallest absolute Gasteiger partial charge is 0.306 e. The van der Waals surface area contributed by atoms with Crippen molar-refractivity contribution in [3.8, 4) is 0 Å². The van der Waals surface area contributed by atoms with E-state index in [-0.39, 0.29) is 32.2 Å². The summed E-state index contributed by atoms with van der Waals surface area (Å²) >= 11 is 0. The molecule has 2 unspecified atom stereocenters. The Kier molecular flexibility index (Phi) is 36.7. The average Bonchev–Trinajstić information content (AvgIpc) is 3.11. The monoisotopic (exact) mass is 770 g/mol. The number of ether oxygens (including phenoxy) is 2. The summed E-state index contributed by atoms with van der Waals surface area (Å²) in [6.07, 6.45) is 43.0. The van der Waals surface area contributed by atoms with Crippen LogP contribution in [0.2, 0.25) is 0 Å². The lowest BCUT2D eigenvalue weighted by Gasteiger charge is -2.28. The van der Waals surface area contributed by atoms with Crippen LogP contribution in [0.4, 0.5) is 0 Å². The van der Waals surface area contributed by atoms with Gasteiger partial charge in [-0.05, 0) is 44.9 Å². The Morgan fingerprint density at radius 1 is 0.604 bits per heavy atom. The fourth-order valence-electron chi connectivity index (χ4n) is 5.85. The van der Waals surface area contributed by atoms with Crippen molar-refractivity contribution in [3.05, 3.63) is 36.5 Å². The second-order valence-electron chi connectivity index (χ2n) is 15.7. The molecule has 0 saturated carbocycles. The van der Waals surface area contributed by atoms with Crippen LogP contribution >= 0.6 is 7.82 Å². The van der Waals surface area contributed by atoms with Crippen LogP contribution in [0.25, 0.3) is 0 Å². The largest absolute Gasteiger partial charge is 0.756 e. The second kappa shape index (κ2) is 37.6. The highest BCUT2D eigenvalue weighted by molar-refractivity contribution is 7.45. The first kappa shape index (κ1) is 51.7.